The highest BCUT2D eigenvalue weighted by Crippen LogP contribution is 2.36. The van der Waals surface area contributed by atoms with Crippen LogP contribution in [0.1, 0.15) is 24.8 Å². The van der Waals surface area contributed by atoms with Crippen molar-refractivity contribution in [3.05, 3.63) is 29.8 Å². The van der Waals surface area contributed by atoms with E-state index < -0.39 is 0 Å². The van der Waals surface area contributed by atoms with E-state index in [4.69, 9.17) is 5.73 Å². The average molecular weight is 190 g/mol. The molecule has 2 rings (SSSR count). The number of nitrogens with one attached hydrogen (secondary N) is 1. The molecule has 76 valence electrons. The summed E-state index contributed by atoms with van der Waals surface area (Å²) < 4.78 is 0. The zero-order chi connectivity index (χ0) is 9.97. The summed E-state index contributed by atoms with van der Waals surface area (Å²) in [4.78, 5) is 0. The van der Waals surface area contributed by atoms with Crippen LogP contribution in [0.4, 0.5) is 5.69 Å². The Balaban J connectivity index is 2.17. The van der Waals surface area contributed by atoms with Gasteiger partial charge in [0, 0.05) is 18.2 Å². The van der Waals surface area contributed by atoms with Gasteiger partial charge in [0.05, 0.1) is 0 Å². The van der Waals surface area contributed by atoms with Crippen LogP contribution in [0.3, 0.4) is 0 Å². The van der Waals surface area contributed by atoms with E-state index in [1.807, 2.05) is 0 Å². The predicted molar refractivity (Wildman–Crippen MR) is 60.5 cm³/mol. The highest BCUT2D eigenvalue weighted by molar-refractivity contribution is 5.57. The number of rotatable bonds is 3. The molecular weight excluding hydrogens is 172 g/mol. The SMILES string of the molecule is CC(CCN)C1CNc2ccccc21. The topological polar surface area (TPSA) is 38.0 Å². The van der Waals surface area contributed by atoms with Gasteiger partial charge in [0.25, 0.3) is 0 Å². The summed E-state index contributed by atoms with van der Waals surface area (Å²) in [6.07, 6.45) is 1.11. The predicted octanol–water partition coefficient (Wildman–Crippen LogP) is 2.18. The molecule has 0 saturated carbocycles. The Kier molecular flexibility index (Phi) is 2.73. The van der Waals surface area contributed by atoms with Crippen molar-refractivity contribution < 1.29 is 0 Å². The number of nitrogens with two attached hydrogens (primary N) is 1. The Bertz CT molecular complexity index is 309. The van der Waals surface area contributed by atoms with Gasteiger partial charge in [0.2, 0.25) is 0 Å². The number of hydrogen-bond acceptors (Lipinski definition) is 2. The van der Waals surface area contributed by atoms with Crippen molar-refractivity contribution in [2.75, 3.05) is 18.4 Å². The van der Waals surface area contributed by atoms with Crippen LogP contribution < -0.4 is 11.1 Å². The van der Waals surface area contributed by atoms with Crippen LogP contribution >= 0.6 is 0 Å². The quantitative estimate of drug-likeness (QED) is 0.766. The third kappa shape index (κ3) is 1.62. The van der Waals surface area contributed by atoms with Crippen LogP contribution in [0, 0.1) is 5.92 Å². The average Bonchev–Trinajstić information content (AvgIpc) is 2.61. The van der Waals surface area contributed by atoms with E-state index >= 15 is 0 Å². The molecule has 0 saturated heterocycles. The fourth-order valence-corrected chi connectivity index (χ4v) is 2.28. The van der Waals surface area contributed by atoms with Gasteiger partial charge in [-0.2, -0.15) is 0 Å². The van der Waals surface area contributed by atoms with Crippen LogP contribution in [-0.4, -0.2) is 13.1 Å². The Morgan fingerprint density at radius 1 is 1.50 bits per heavy atom. The van der Waals surface area contributed by atoms with Crippen LogP contribution in [0.15, 0.2) is 24.3 Å². The molecule has 1 heterocycles. The van der Waals surface area contributed by atoms with Gasteiger partial charge < -0.3 is 11.1 Å². The van der Waals surface area contributed by atoms with Gasteiger partial charge in [-0.05, 0) is 30.5 Å². The molecule has 0 aromatic heterocycles. The van der Waals surface area contributed by atoms with E-state index in [9.17, 15) is 0 Å². The fourth-order valence-electron chi connectivity index (χ4n) is 2.28. The summed E-state index contributed by atoms with van der Waals surface area (Å²) >= 11 is 0. The van der Waals surface area contributed by atoms with Crippen LogP contribution in [0.25, 0.3) is 0 Å². The lowest BCUT2D eigenvalue weighted by molar-refractivity contribution is 0.458. The van der Waals surface area contributed by atoms with Crippen molar-refractivity contribution >= 4 is 5.69 Å². The molecule has 0 spiro atoms. The number of fused-ring (bicyclic) bond motifs is 1. The summed E-state index contributed by atoms with van der Waals surface area (Å²) in [6.45, 7) is 4.15. The Labute approximate surface area is 85.5 Å². The maximum atomic E-state index is 5.60. The van der Waals surface area contributed by atoms with E-state index in [1.165, 1.54) is 11.3 Å². The van der Waals surface area contributed by atoms with Gasteiger partial charge in [-0.25, -0.2) is 0 Å². The minimum Gasteiger partial charge on any atom is -0.384 e. The minimum atomic E-state index is 0.648. The molecule has 0 bridgehead atoms. The summed E-state index contributed by atoms with van der Waals surface area (Å²) in [6, 6.07) is 8.59. The van der Waals surface area contributed by atoms with E-state index in [1.54, 1.807) is 0 Å². The molecule has 3 N–H and O–H groups in total. The molecular formula is C12H18N2. The number of hydrogen-bond donors (Lipinski definition) is 2. The lowest BCUT2D eigenvalue weighted by atomic mass is 9.87. The molecule has 1 aromatic carbocycles. The third-order valence-corrected chi connectivity index (χ3v) is 3.18. The van der Waals surface area contributed by atoms with Crippen molar-refractivity contribution in [3.63, 3.8) is 0 Å². The van der Waals surface area contributed by atoms with Crippen LogP contribution in [0.2, 0.25) is 0 Å². The molecule has 2 atom stereocenters. The molecule has 1 aliphatic heterocycles. The summed E-state index contributed by atoms with van der Waals surface area (Å²) in [5.74, 6) is 1.32. The molecule has 0 aliphatic carbocycles. The monoisotopic (exact) mass is 190 g/mol. The summed E-state index contributed by atoms with van der Waals surface area (Å²) in [7, 11) is 0. The van der Waals surface area contributed by atoms with Gasteiger partial charge in [-0.1, -0.05) is 25.1 Å². The number of para-hydroxylation sites is 1. The highest BCUT2D eigenvalue weighted by atomic mass is 14.9. The minimum absolute atomic E-state index is 0.648. The Hall–Kier alpha value is -1.02. The lowest BCUT2D eigenvalue weighted by Gasteiger charge is -2.18. The van der Waals surface area contributed by atoms with Crippen LogP contribution in [-0.2, 0) is 0 Å². The Morgan fingerprint density at radius 2 is 2.29 bits per heavy atom. The van der Waals surface area contributed by atoms with Crippen molar-refractivity contribution in [1.82, 2.24) is 0 Å². The maximum Gasteiger partial charge on any atom is 0.0376 e. The number of anilines is 1. The first-order valence-electron chi connectivity index (χ1n) is 5.36. The molecule has 2 unspecified atom stereocenters. The second kappa shape index (κ2) is 4.01. The molecule has 0 amide bonds. The van der Waals surface area contributed by atoms with Crippen LogP contribution in [0.5, 0.6) is 0 Å². The van der Waals surface area contributed by atoms with E-state index in [-0.39, 0.29) is 0 Å². The van der Waals surface area contributed by atoms with Crippen molar-refractivity contribution in [2.24, 2.45) is 11.7 Å². The zero-order valence-electron chi connectivity index (χ0n) is 8.66. The first-order chi connectivity index (χ1) is 6.83. The van der Waals surface area contributed by atoms with E-state index in [0.717, 1.165) is 19.5 Å². The highest BCUT2D eigenvalue weighted by Gasteiger charge is 2.25. The molecule has 2 nitrogen and oxygen atoms in total. The van der Waals surface area contributed by atoms with Gasteiger partial charge in [0.15, 0.2) is 0 Å². The van der Waals surface area contributed by atoms with E-state index in [0.29, 0.717) is 11.8 Å². The molecule has 1 aromatic rings. The first-order valence-corrected chi connectivity index (χ1v) is 5.36. The normalized spacial score (nSPS) is 21.4. The second-order valence-corrected chi connectivity index (χ2v) is 4.13. The molecule has 2 heteroatoms. The second-order valence-electron chi connectivity index (χ2n) is 4.13. The largest absolute Gasteiger partial charge is 0.384 e. The van der Waals surface area contributed by atoms with Gasteiger partial charge >= 0.3 is 0 Å². The van der Waals surface area contributed by atoms with Gasteiger partial charge in [0.1, 0.15) is 0 Å². The molecule has 14 heavy (non-hydrogen) atoms. The summed E-state index contributed by atoms with van der Waals surface area (Å²) in [5.41, 5.74) is 8.37. The standard InChI is InChI=1S/C12H18N2/c1-9(6-7-13)11-8-14-12-5-3-2-4-10(11)12/h2-5,9,11,14H,6-8,13H2,1H3. The van der Waals surface area contributed by atoms with Crippen molar-refractivity contribution in [2.45, 2.75) is 19.3 Å². The number of benzene rings is 1. The fraction of sp³-hybridized carbons (Fsp3) is 0.500. The summed E-state index contributed by atoms with van der Waals surface area (Å²) in [5, 5.41) is 3.45. The zero-order valence-corrected chi connectivity index (χ0v) is 8.66. The third-order valence-electron chi connectivity index (χ3n) is 3.18. The van der Waals surface area contributed by atoms with Gasteiger partial charge in [-0.3, -0.25) is 0 Å². The van der Waals surface area contributed by atoms with Crippen molar-refractivity contribution in [3.8, 4) is 0 Å². The maximum absolute atomic E-state index is 5.60. The molecule has 0 fully saturated rings. The molecule has 1 aliphatic rings. The lowest BCUT2D eigenvalue weighted by Crippen LogP contribution is -2.15. The Morgan fingerprint density at radius 3 is 3.07 bits per heavy atom. The van der Waals surface area contributed by atoms with Crippen molar-refractivity contribution in [1.29, 1.82) is 0 Å². The van der Waals surface area contributed by atoms with Gasteiger partial charge in [-0.15, -0.1) is 0 Å². The van der Waals surface area contributed by atoms with E-state index in [2.05, 4.69) is 36.5 Å². The molecule has 0 radical (unpaired) electrons. The smallest absolute Gasteiger partial charge is 0.0376 e. The first kappa shape index (κ1) is 9.53.